The number of rotatable bonds is 11. The lowest BCUT2D eigenvalue weighted by Crippen LogP contribution is -2.55. The second kappa shape index (κ2) is 15.4. The first-order valence-electron chi connectivity index (χ1n) is 18.3. The normalized spacial score (nSPS) is 18.7. The molecule has 2 atom stereocenters. The van der Waals surface area contributed by atoms with Gasteiger partial charge in [0.05, 0.1) is 24.5 Å². The van der Waals surface area contributed by atoms with Crippen molar-refractivity contribution in [1.82, 2.24) is 40.1 Å². The maximum atomic E-state index is 13.6. The van der Waals surface area contributed by atoms with E-state index < -0.39 is 17.4 Å². The Morgan fingerprint density at radius 2 is 1.74 bits per heavy atom. The predicted octanol–water partition coefficient (Wildman–Crippen LogP) is 5.36. The number of aromatic nitrogens is 5. The molecule has 1 aliphatic carbocycles. The number of anilines is 1. The summed E-state index contributed by atoms with van der Waals surface area (Å²) in [6, 6.07) is 12.9. The number of ether oxygens (including phenoxy) is 3. The van der Waals surface area contributed by atoms with Crippen LogP contribution in [0.2, 0.25) is 0 Å². The molecule has 3 amide bonds. The van der Waals surface area contributed by atoms with E-state index in [1.807, 2.05) is 81.9 Å². The highest BCUT2D eigenvalue weighted by molar-refractivity contribution is 5.92. The van der Waals surface area contributed by atoms with Gasteiger partial charge in [-0.3, -0.25) is 14.5 Å². The van der Waals surface area contributed by atoms with Gasteiger partial charge < -0.3 is 29.7 Å². The predicted molar refractivity (Wildman–Crippen MR) is 201 cm³/mol. The van der Waals surface area contributed by atoms with Gasteiger partial charge in [-0.25, -0.2) is 14.8 Å². The second-order valence-electron chi connectivity index (χ2n) is 16.0. The Balaban J connectivity index is 1.16. The molecular weight excluding hydrogens is 674 g/mol. The summed E-state index contributed by atoms with van der Waals surface area (Å²) < 4.78 is 19.6. The molecule has 3 aromatic heterocycles. The summed E-state index contributed by atoms with van der Waals surface area (Å²) in [6.07, 6.45) is 4.65. The highest BCUT2D eigenvalue weighted by atomic mass is 16.5. The van der Waals surface area contributed by atoms with Gasteiger partial charge in [0, 0.05) is 49.3 Å². The third kappa shape index (κ3) is 8.45. The minimum Gasteiger partial charge on any atom is -0.484 e. The van der Waals surface area contributed by atoms with Gasteiger partial charge in [-0.15, -0.1) is 10.2 Å². The van der Waals surface area contributed by atoms with Crippen molar-refractivity contribution >= 4 is 23.4 Å². The number of carbonyl (C=O) groups is 2. The highest BCUT2D eigenvalue weighted by Gasteiger charge is 2.36. The zero-order chi connectivity index (χ0) is 38.0. The number of hydrogen-bond donors (Lipinski definition) is 3. The van der Waals surface area contributed by atoms with Crippen LogP contribution in [0.1, 0.15) is 106 Å². The molecule has 1 saturated heterocycles. The maximum Gasteiger partial charge on any atom is 0.320 e. The number of likely N-dealkylation sites (N-methyl/N-ethyl adjacent to an activating group) is 1. The summed E-state index contributed by atoms with van der Waals surface area (Å²) in [5, 5.41) is 17.9. The first-order valence-corrected chi connectivity index (χ1v) is 18.3. The van der Waals surface area contributed by atoms with Crippen molar-refractivity contribution < 1.29 is 23.8 Å². The van der Waals surface area contributed by atoms with Crippen LogP contribution < -0.4 is 20.7 Å². The van der Waals surface area contributed by atoms with Crippen LogP contribution in [-0.4, -0.2) is 94.5 Å². The SMILES string of the molecule is COCC(C)(C)c1nnc2ccc(O[C@@H]3CC[C@H](NC(=O)Nc4cc(C(C)(C)C)nc(C(=O)NCC5(N(C)C)CCOCC5)n4)c4ccccc43)cn12. The van der Waals surface area contributed by atoms with Crippen molar-refractivity contribution in [2.75, 3.05) is 52.9 Å². The fourth-order valence-electron chi connectivity index (χ4n) is 7.18. The number of pyridine rings is 1. The molecular formula is C39H53N9O5. The average Bonchev–Trinajstić information content (AvgIpc) is 3.56. The molecule has 14 nitrogen and oxygen atoms in total. The summed E-state index contributed by atoms with van der Waals surface area (Å²) in [4.78, 5) is 38.3. The zero-order valence-corrected chi connectivity index (χ0v) is 32.2. The van der Waals surface area contributed by atoms with E-state index in [1.165, 1.54) is 0 Å². The van der Waals surface area contributed by atoms with Gasteiger partial charge in [0.15, 0.2) is 5.65 Å². The van der Waals surface area contributed by atoms with Crippen LogP contribution in [0, 0.1) is 0 Å². The third-order valence-corrected chi connectivity index (χ3v) is 10.4. The van der Waals surface area contributed by atoms with Crippen molar-refractivity contribution in [2.24, 2.45) is 0 Å². The van der Waals surface area contributed by atoms with E-state index in [9.17, 15) is 9.59 Å². The number of benzene rings is 1. The van der Waals surface area contributed by atoms with Crippen molar-refractivity contribution in [3.05, 3.63) is 77.1 Å². The second-order valence-corrected chi connectivity index (χ2v) is 16.0. The molecule has 2 aliphatic rings. The molecule has 1 aromatic carbocycles. The topological polar surface area (TPSA) is 157 Å². The van der Waals surface area contributed by atoms with Gasteiger partial charge in [-0.05, 0) is 63.0 Å². The van der Waals surface area contributed by atoms with E-state index in [1.54, 1.807) is 13.2 Å². The van der Waals surface area contributed by atoms with Crippen molar-refractivity contribution in [2.45, 2.75) is 88.8 Å². The molecule has 6 rings (SSSR count). The van der Waals surface area contributed by atoms with Crippen LogP contribution in [0.15, 0.2) is 48.7 Å². The number of carbonyl (C=O) groups excluding carboxylic acids is 2. The maximum absolute atomic E-state index is 13.6. The lowest BCUT2D eigenvalue weighted by Gasteiger charge is -2.42. The fourth-order valence-corrected chi connectivity index (χ4v) is 7.18. The third-order valence-electron chi connectivity index (χ3n) is 10.4. The number of urea groups is 1. The molecule has 4 heterocycles. The van der Waals surface area contributed by atoms with Crippen LogP contribution in [-0.2, 0) is 20.3 Å². The van der Waals surface area contributed by atoms with Gasteiger partial charge in [0.25, 0.3) is 5.91 Å². The Morgan fingerprint density at radius 3 is 2.43 bits per heavy atom. The van der Waals surface area contributed by atoms with Gasteiger partial charge in [-0.2, -0.15) is 0 Å². The van der Waals surface area contributed by atoms with E-state index in [0.717, 1.165) is 35.4 Å². The monoisotopic (exact) mass is 727 g/mol. The molecule has 53 heavy (non-hydrogen) atoms. The molecule has 0 saturated carbocycles. The smallest absolute Gasteiger partial charge is 0.320 e. The molecule has 284 valence electrons. The summed E-state index contributed by atoms with van der Waals surface area (Å²) in [6.45, 7) is 12.4. The molecule has 1 aliphatic heterocycles. The van der Waals surface area contributed by atoms with Crippen molar-refractivity contribution in [3.8, 4) is 5.75 Å². The number of fused-ring (bicyclic) bond motifs is 2. The molecule has 0 unspecified atom stereocenters. The van der Waals surface area contributed by atoms with Gasteiger partial charge in [0.1, 0.15) is 23.5 Å². The molecule has 0 bridgehead atoms. The Labute approximate surface area is 311 Å². The van der Waals surface area contributed by atoms with Crippen molar-refractivity contribution in [3.63, 3.8) is 0 Å². The average molecular weight is 728 g/mol. The molecule has 4 aromatic rings. The summed E-state index contributed by atoms with van der Waals surface area (Å²) in [5.74, 6) is 1.36. The van der Waals surface area contributed by atoms with E-state index in [2.05, 4.69) is 54.9 Å². The van der Waals surface area contributed by atoms with Gasteiger partial charge in [0.2, 0.25) is 5.82 Å². The number of nitrogens with zero attached hydrogens (tertiary/aromatic N) is 6. The number of hydrogen-bond acceptors (Lipinski definition) is 10. The molecule has 14 heteroatoms. The zero-order valence-electron chi connectivity index (χ0n) is 32.2. The Bertz CT molecular complexity index is 1930. The van der Waals surface area contributed by atoms with E-state index in [-0.39, 0.29) is 34.7 Å². The number of amides is 3. The van der Waals surface area contributed by atoms with Crippen LogP contribution >= 0.6 is 0 Å². The van der Waals surface area contributed by atoms with Crippen LogP contribution in [0.5, 0.6) is 5.75 Å². The van der Waals surface area contributed by atoms with Crippen molar-refractivity contribution in [1.29, 1.82) is 0 Å². The van der Waals surface area contributed by atoms with Crippen LogP contribution in [0.3, 0.4) is 0 Å². The van der Waals surface area contributed by atoms with E-state index in [0.29, 0.717) is 50.7 Å². The highest BCUT2D eigenvalue weighted by Crippen LogP contribution is 2.39. The quantitative estimate of drug-likeness (QED) is 0.184. The van der Waals surface area contributed by atoms with Crippen LogP contribution in [0.25, 0.3) is 5.65 Å². The first-order chi connectivity index (χ1) is 25.2. The van der Waals surface area contributed by atoms with Gasteiger partial charge >= 0.3 is 6.03 Å². The minimum atomic E-state index is -0.424. The number of methoxy groups -OCH3 is 1. The van der Waals surface area contributed by atoms with E-state index in [4.69, 9.17) is 14.2 Å². The van der Waals surface area contributed by atoms with Gasteiger partial charge in [-0.1, -0.05) is 58.9 Å². The summed E-state index contributed by atoms with van der Waals surface area (Å²) in [5.41, 5.74) is 2.40. The van der Waals surface area contributed by atoms with E-state index >= 15 is 0 Å². The molecule has 1 fully saturated rings. The Morgan fingerprint density at radius 1 is 1.00 bits per heavy atom. The fraction of sp³-hybridized carbons (Fsp3) is 0.538. The first kappa shape index (κ1) is 38.1. The standard InChI is InChI=1S/C39H53N9O5/c1-37(2,3)30-21-31(43-33(42-30)34(49)40-23-39(47(6)7)17-19-52-20-18-39)44-36(50)41-28-14-15-29(27-12-10-9-11-26(27)28)53-25-13-16-32-45-46-35(48(32)22-25)38(4,5)24-51-8/h9-13,16,21-22,28-29H,14-15,17-20,23-24H2,1-8H3,(H,40,49)(H2,41,42,43,44,50)/t28-,29+/m0/s1. The summed E-state index contributed by atoms with van der Waals surface area (Å²) in [7, 11) is 5.72. The van der Waals surface area contributed by atoms with Crippen LogP contribution in [0.4, 0.5) is 10.6 Å². The summed E-state index contributed by atoms with van der Waals surface area (Å²) >= 11 is 0. The molecule has 0 spiro atoms. The minimum absolute atomic E-state index is 0.00994. The largest absolute Gasteiger partial charge is 0.484 e. The number of nitrogens with one attached hydrogen (secondary N) is 3. The Kier molecular flexibility index (Phi) is 11.0. The molecule has 0 radical (unpaired) electrons. The Hall–Kier alpha value is -4.66. The lowest BCUT2D eigenvalue weighted by atomic mass is 9.85. The lowest BCUT2D eigenvalue weighted by molar-refractivity contribution is -0.00662. The molecule has 3 N–H and O–H groups in total.